The van der Waals surface area contributed by atoms with Gasteiger partial charge in [-0.1, -0.05) is 0 Å². The molecule has 1 fully saturated rings. The fraction of sp³-hybridized carbons (Fsp3) is 0.800. The van der Waals surface area contributed by atoms with Crippen molar-refractivity contribution in [2.45, 2.75) is 19.1 Å². The highest BCUT2D eigenvalue weighted by atomic mass is 16.6. The van der Waals surface area contributed by atoms with Gasteiger partial charge in [0.25, 0.3) is 0 Å². The quantitative estimate of drug-likeness (QED) is 0.531. The molecule has 0 spiro atoms. The van der Waals surface area contributed by atoms with Gasteiger partial charge in [0.05, 0.1) is 6.61 Å². The minimum Gasteiger partial charge on any atom is -0.444 e. The first-order valence-electron chi connectivity index (χ1n) is 2.78. The number of hydrogen-bond acceptors (Lipinski definition) is 3. The molecule has 4 nitrogen and oxygen atoms in total. The molecule has 4 heteroatoms. The van der Waals surface area contributed by atoms with E-state index in [1.807, 2.05) is 0 Å². The molecule has 1 rings (SSSR count). The molecule has 9 heavy (non-hydrogen) atoms. The number of carbonyl (C=O) groups excluding carboxylic acids is 1. The van der Waals surface area contributed by atoms with Gasteiger partial charge in [0.2, 0.25) is 0 Å². The molecule has 1 aliphatic heterocycles. The Morgan fingerprint density at radius 2 is 2.56 bits per heavy atom. The zero-order valence-corrected chi connectivity index (χ0v) is 5.16. The van der Waals surface area contributed by atoms with Crippen molar-refractivity contribution < 1.29 is 14.3 Å². The normalized spacial score (nSPS) is 27.0. The van der Waals surface area contributed by atoms with Gasteiger partial charge in [0.15, 0.2) is 0 Å². The first-order valence-corrected chi connectivity index (χ1v) is 2.78. The lowest BCUT2D eigenvalue weighted by Crippen LogP contribution is -2.24. The molecule has 0 bridgehead atoms. The molecular formula is C5H9NO3. The second-order valence-corrected chi connectivity index (χ2v) is 2.01. The average molecular weight is 131 g/mol. The number of amides is 1. The van der Waals surface area contributed by atoms with Crippen LogP contribution in [0.4, 0.5) is 4.79 Å². The third-order valence-corrected chi connectivity index (χ3v) is 1.18. The van der Waals surface area contributed by atoms with Crippen molar-refractivity contribution in [1.29, 1.82) is 0 Å². The van der Waals surface area contributed by atoms with Gasteiger partial charge in [0.1, 0.15) is 12.2 Å². The standard InChI is InChI=1S/C5H9NO3/c1-3(4-2-8-4)9-5(6)7/h3-4H,2H2,1H3,(H2,6,7). The largest absolute Gasteiger partial charge is 0.444 e. The van der Waals surface area contributed by atoms with Crippen LogP contribution in [0.25, 0.3) is 0 Å². The Kier molecular flexibility index (Phi) is 1.57. The second kappa shape index (κ2) is 2.23. The molecule has 2 atom stereocenters. The highest BCUT2D eigenvalue weighted by Crippen LogP contribution is 2.15. The maximum Gasteiger partial charge on any atom is 0.404 e. The van der Waals surface area contributed by atoms with Crippen LogP contribution in [0.15, 0.2) is 0 Å². The molecule has 0 radical (unpaired) electrons. The van der Waals surface area contributed by atoms with Gasteiger partial charge in [-0.3, -0.25) is 0 Å². The lowest BCUT2D eigenvalue weighted by molar-refractivity contribution is 0.0974. The molecule has 2 N–H and O–H groups in total. The van der Waals surface area contributed by atoms with Crippen LogP contribution in [-0.4, -0.2) is 24.9 Å². The fourth-order valence-electron chi connectivity index (χ4n) is 0.586. The van der Waals surface area contributed by atoms with E-state index in [9.17, 15) is 4.79 Å². The van der Waals surface area contributed by atoms with Crippen LogP contribution in [0.2, 0.25) is 0 Å². The molecule has 1 aliphatic rings. The second-order valence-electron chi connectivity index (χ2n) is 2.01. The number of nitrogens with two attached hydrogens (primary N) is 1. The minimum atomic E-state index is -0.738. The Morgan fingerprint density at radius 3 is 2.89 bits per heavy atom. The molecule has 0 aromatic carbocycles. The molecule has 1 heterocycles. The molecule has 1 amide bonds. The summed E-state index contributed by atoms with van der Waals surface area (Å²) < 4.78 is 9.43. The molecule has 0 aliphatic carbocycles. The van der Waals surface area contributed by atoms with E-state index in [0.717, 1.165) is 0 Å². The van der Waals surface area contributed by atoms with E-state index in [0.29, 0.717) is 6.61 Å². The fourth-order valence-corrected chi connectivity index (χ4v) is 0.586. The van der Waals surface area contributed by atoms with Gasteiger partial charge in [-0.2, -0.15) is 0 Å². The summed E-state index contributed by atoms with van der Waals surface area (Å²) >= 11 is 0. The predicted molar refractivity (Wildman–Crippen MR) is 29.9 cm³/mol. The summed E-state index contributed by atoms with van der Waals surface area (Å²) in [5, 5.41) is 0. The first kappa shape index (κ1) is 6.35. The average Bonchev–Trinajstić information content (AvgIpc) is 2.40. The highest BCUT2D eigenvalue weighted by molar-refractivity contribution is 5.64. The maximum absolute atomic E-state index is 10.1. The maximum atomic E-state index is 10.1. The van der Waals surface area contributed by atoms with E-state index in [1.54, 1.807) is 6.92 Å². The summed E-state index contributed by atoms with van der Waals surface area (Å²) in [6.07, 6.45) is -0.849. The van der Waals surface area contributed by atoms with Gasteiger partial charge in [-0.25, -0.2) is 4.79 Å². The first-order chi connectivity index (χ1) is 4.20. The SMILES string of the molecule is CC(OC(N)=O)C1CO1. The van der Waals surface area contributed by atoms with Crippen molar-refractivity contribution in [3.63, 3.8) is 0 Å². The summed E-state index contributed by atoms with van der Waals surface area (Å²) in [4.78, 5) is 10.1. The van der Waals surface area contributed by atoms with Gasteiger partial charge in [-0.15, -0.1) is 0 Å². The van der Waals surface area contributed by atoms with Crippen molar-refractivity contribution in [1.82, 2.24) is 0 Å². The molecule has 0 saturated carbocycles. The van der Waals surface area contributed by atoms with Crippen LogP contribution in [-0.2, 0) is 9.47 Å². The minimum absolute atomic E-state index is 0.0810. The van der Waals surface area contributed by atoms with E-state index < -0.39 is 6.09 Å². The summed E-state index contributed by atoms with van der Waals surface area (Å²) in [5.41, 5.74) is 4.74. The van der Waals surface area contributed by atoms with Crippen LogP contribution in [0.5, 0.6) is 0 Å². The van der Waals surface area contributed by atoms with Crippen molar-refractivity contribution in [3.05, 3.63) is 0 Å². The lowest BCUT2D eigenvalue weighted by atomic mass is 10.3. The number of hydrogen-bond donors (Lipinski definition) is 1. The molecule has 1 saturated heterocycles. The third-order valence-electron chi connectivity index (χ3n) is 1.18. The highest BCUT2D eigenvalue weighted by Gasteiger charge is 2.31. The summed E-state index contributed by atoms with van der Waals surface area (Å²) in [7, 11) is 0. The molecule has 0 aromatic rings. The smallest absolute Gasteiger partial charge is 0.404 e. The molecular weight excluding hydrogens is 122 g/mol. The van der Waals surface area contributed by atoms with E-state index in [4.69, 9.17) is 10.5 Å². The monoisotopic (exact) mass is 131 g/mol. The molecule has 52 valence electrons. The van der Waals surface area contributed by atoms with E-state index in [-0.39, 0.29) is 12.2 Å². The van der Waals surface area contributed by atoms with Crippen molar-refractivity contribution in [2.75, 3.05) is 6.61 Å². The van der Waals surface area contributed by atoms with E-state index in [2.05, 4.69) is 4.74 Å². The summed E-state index contributed by atoms with van der Waals surface area (Å²) in [6.45, 7) is 2.43. The van der Waals surface area contributed by atoms with Crippen molar-refractivity contribution in [2.24, 2.45) is 5.73 Å². The predicted octanol–water partition coefficient (Wildman–Crippen LogP) is -0.131. The van der Waals surface area contributed by atoms with Crippen LogP contribution in [0, 0.1) is 0 Å². The third kappa shape index (κ3) is 1.89. The molecule has 0 aromatic heterocycles. The van der Waals surface area contributed by atoms with Crippen LogP contribution in [0.1, 0.15) is 6.92 Å². The summed E-state index contributed by atoms with van der Waals surface area (Å²) in [6, 6.07) is 0. The number of carbonyl (C=O) groups is 1. The Balaban J connectivity index is 2.17. The number of epoxide rings is 1. The Labute approximate surface area is 52.9 Å². The number of ether oxygens (including phenoxy) is 2. The van der Waals surface area contributed by atoms with Gasteiger partial charge in [-0.05, 0) is 6.92 Å². The number of primary amides is 1. The van der Waals surface area contributed by atoms with Crippen LogP contribution in [0.3, 0.4) is 0 Å². The van der Waals surface area contributed by atoms with E-state index >= 15 is 0 Å². The van der Waals surface area contributed by atoms with Gasteiger partial charge < -0.3 is 15.2 Å². The Bertz CT molecular complexity index is 121. The topological polar surface area (TPSA) is 64.8 Å². The zero-order valence-electron chi connectivity index (χ0n) is 5.16. The van der Waals surface area contributed by atoms with Crippen LogP contribution < -0.4 is 5.73 Å². The Hall–Kier alpha value is -0.770. The number of rotatable bonds is 2. The van der Waals surface area contributed by atoms with Crippen molar-refractivity contribution in [3.8, 4) is 0 Å². The van der Waals surface area contributed by atoms with Crippen LogP contribution >= 0.6 is 0 Å². The van der Waals surface area contributed by atoms with Crippen molar-refractivity contribution >= 4 is 6.09 Å². The lowest BCUT2D eigenvalue weighted by Gasteiger charge is -2.05. The van der Waals surface area contributed by atoms with Gasteiger partial charge >= 0.3 is 6.09 Å². The summed E-state index contributed by atoms with van der Waals surface area (Å²) in [5.74, 6) is 0. The molecule has 2 unspecified atom stereocenters. The van der Waals surface area contributed by atoms with Gasteiger partial charge in [0, 0.05) is 0 Å². The Morgan fingerprint density at radius 1 is 2.00 bits per heavy atom. The van der Waals surface area contributed by atoms with E-state index in [1.165, 1.54) is 0 Å². The zero-order chi connectivity index (χ0) is 6.85.